The van der Waals surface area contributed by atoms with Crippen molar-refractivity contribution in [3.05, 3.63) is 31.6 Å². The number of hydrogen-bond acceptors (Lipinski definition) is 10. The second-order valence-corrected chi connectivity index (χ2v) is 11.2. The first kappa shape index (κ1) is 29.7. The molecule has 3 rings (SSSR count). The van der Waals surface area contributed by atoms with Crippen molar-refractivity contribution >= 4 is 29.8 Å². The highest BCUT2D eigenvalue weighted by Crippen LogP contribution is 2.53. The molecule has 2 aliphatic heterocycles. The van der Waals surface area contributed by atoms with Crippen molar-refractivity contribution in [2.75, 3.05) is 19.8 Å². The Morgan fingerprint density at radius 2 is 1.76 bits per heavy atom. The number of esters is 1. The number of aryl methyl sites for hydroxylation is 1. The summed E-state index contributed by atoms with van der Waals surface area (Å²) in [5.41, 5.74) is 0. The zero-order valence-corrected chi connectivity index (χ0v) is 23.0. The number of carbonyl (C=O) groups excluding carboxylic acids is 3. The van der Waals surface area contributed by atoms with Crippen LogP contribution in [0, 0.1) is 5.92 Å². The number of carbonyl (C=O) groups is 3. The van der Waals surface area contributed by atoms with Crippen LogP contribution < -0.4 is 0 Å². The molecule has 0 radical (unpaired) electrons. The maximum absolute atomic E-state index is 13.1. The molecule has 1 amide bonds. The van der Waals surface area contributed by atoms with Gasteiger partial charge in [0.2, 0.25) is 5.91 Å². The number of β-lactam (4-membered cyclic amide) rings is 1. The van der Waals surface area contributed by atoms with Crippen LogP contribution >= 0.6 is 11.8 Å². The molecule has 1 unspecified atom stereocenters. The van der Waals surface area contributed by atoms with Gasteiger partial charge < -0.3 is 19.1 Å². The van der Waals surface area contributed by atoms with E-state index in [9.17, 15) is 14.4 Å². The minimum atomic E-state index is -0.837. The molecule has 1 aromatic rings. The van der Waals surface area contributed by atoms with E-state index in [-0.39, 0.29) is 30.5 Å². The average molecular weight is 550 g/mol. The summed E-state index contributed by atoms with van der Waals surface area (Å²) in [5.74, 6) is -0.957. The molecule has 0 bridgehead atoms. The van der Waals surface area contributed by atoms with Crippen molar-refractivity contribution in [1.82, 2.24) is 25.1 Å². The predicted molar refractivity (Wildman–Crippen MR) is 142 cm³/mol. The summed E-state index contributed by atoms with van der Waals surface area (Å²) in [5, 5.41) is 10.9. The molecule has 0 spiro atoms. The highest BCUT2D eigenvalue weighted by Gasteiger charge is 2.63. The lowest BCUT2D eigenvalue weighted by molar-refractivity contribution is -0.157. The van der Waals surface area contributed by atoms with Gasteiger partial charge in [-0.25, -0.2) is 9.48 Å². The maximum atomic E-state index is 13.1. The summed E-state index contributed by atoms with van der Waals surface area (Å²) in [6, 6.07) is 0. The SMILES string of the molecule is C=CCOC(=O)O[C@H](C)[C@H]1C(=O)N2CC(CCCCCCCCCCn3cnnn3)(C(=O)OCC=C)S[C@H]12. The third-order valence-electron chi connectivity index (χ3n) is 6.88. The van der Waals surface area contributed by atoms with Crippen LogP contribution in [0.5, 0.6) is 0 Å². The molecule has 1 aromatic heterocycles. The van der Waals surface area contributed by atoms with Crippen LogP contribution in [0.3, 0.4) is 0 Å². The second kappa shape index (κ2) is 14.9. The molecular formula is C26H39N5O6S. The van der Waals surface area contributed by atoms with Gasteiger partial charge in [0.25, 0.3) is 0 Å². The third-order valence-corrected chi connectivity index (χ3v) is 8.62. The average Bonchev–Trinajstić information content (AvgIpc) is 3.54. The monoisotopic (exact) mass is 549 g/mol. The number of thioether (sulfide) groups is 1. The largest absolute Gasteiger partial charge is 0.508 e. The summed E-state index contributed by atoms with van der Waals surface area (Å²) in [6.45, 7) is 10.1. The van der Waals surface area contributed by atoms with E-state index in [1.807, 2.05) is 0 Å². The van der Waals surface area contributed by atoms with Gasteiger partial charge in [-0.2, -0.15) is 0 Å². The fraction of sp³-hybridized carbons (Fsp3) is 0.692. The van der Waals surface area contributed by atoms with Gasteiger partial charge in [-0.05, 0) is 30.2 Å². The normalized spacial score (nSPS) is 22.8. The summed E-state index contributed by atoms with van der Waals surface area (Å²) < 4.78 is 16.6. The van der Waals surface area contributed by atoms with E-state index < -0.39 is 22.9 Å². The van der Waals surface area contributed by atoms with Crippen LogP contribution in [0.1, 0.15) is 64.7 Å². The number of hydrogen-bond donors (Lipinski definition) is 0. The molecule has 2 aliphatic rings. The maximum Gasteiger partial charge on any atom is 0.508 e. The lowest BCUT2D eigenvalue weighted by Crippen LogP contribution is -2.61. The summed E-state index contributed by atoms with van der Waals surface area (Å²) in [6.07, 6.45) is 12.4. The number of nitrogens with zero attached hydrogens (tertiary/aromatic N) is 5. The van der Waals surface area contributed by atoms with Crippen molar-refractivity contribution in [2.45, 2.75) is 87.5 Å². The van der Waals surface area contributed by atoms with Crippen LogP contribution in [0.25, 0.3) is 0 Å². The molecule has 4 atom stereocenters. The molecule has 11 nitrogen and oxygen atoms in total. The molecule has 2 saturated heterocycles. The van der Waals surface area contributed by atoms with Crippen LogP contribution in [0.15, 0.2) is 31.6 Å². The third kappa shape index (κ3) is 7.81. The van der Waals surface area contributed by atoms with Gasteiger partial charge in [-0.3, -0.25) is 9.59 Å². The molecule has 210 valence electrons. The number of rotatable bonds is 18. The molecule has 0 saturated carbocycles. The number of aromatic nitrogens is 4. The number of amides is 1. The van der Waals surface area contributed by atoms with Crippen LogP contribution in [0.2, 0.25) is 0 Å². The first-order chi connectivity index (χ1) is 18.4. The Labute approximate surface area is 228 Å². The zero-order valence-electron chi connectivity index (χ0n) is 22.2. The van der Waals surface area contributed by atoms with Gasteiger partial charge in [0, 0.05) is 13.1 Å². The molecule has 38 heavy (non-hydrogen) atoms. The highest BCUT2D eigenvalue weighted by molar-refractivity contribution is 8.02. The van der Waals surface area contributed by atoms with E-state index in [4.69, 9.17) is 14.2 Å². The first-order valence-corrected chi connectivity index (χ1v) is 14.2. The van der Waals surface area contributed by atoms with Gasteiger partial charge in [0.05, 0.1) is 5.37 Å². The fourth-order valence-corrected chi connectivity index (χ4v) is 6.75. The minimum absolute atomic E-state index is 0.0364. The Hall–Kier alpha value is -2.89. The lowest BCUT2D eigenvalue weighted by atomic mass is 9.90. The van der Waals surface area contributed by atoms with E-state index >= 15 is 0 Å². The molecule has 0 N–H and O–H groups in total. The second-order valence-electron chi connectivity index (χ2n) is 9.71. The molecule has 3 heterocycles. The van der Waals surface area contributed by atoms with E-state index in [1.54, 1.807) is 28.9 Å². The van der Waals surface area contributed by atoms with Gasteiger partial charge in [0.1, 0.15) is 36.3 Å². The standard InChI is InChI=1S/C26H39N5O6S/c1-4-16-35-24(33)26(14-12-10-8-6-7-9-11-13-15-30-19-27-28-29-30)18-31-22(32)21(23(31)38-26)20(3)37-25(34)36-17-5-2/h4-5,19-21,23H,1-2,6-18H2,3H3/t20-,21+,23-,26?/m1/s1. The summed E-state index contributed by atoms with van der Waals surface area (Å²) in [4.78, 5) is 39.5. The summed E-state index contributed by atoms with van der Waals surface area (Å²) in [7, 11) is 0. The quantitative estimate of drug-likeness (QED) is 0.115. The topological polar surface area (TPSA) is 126 Å². The van der Waals surface area contributed by atoms with Crippen molar-refractivity contribution in [3.8, 4) is 0 Å². The Morgan fingerprint density at radius 1 is 1.11 bits per heavy atom. The Morgan fingerprint density at radius 3 is 2.42 bits per heavy atom. The van der Waals surface area contributed by atoms with Gasteiger partial charge >= 0.3 is 12.1 Å². The number of ether oxygens (including phenoxy) is 3. The first-order valence-electron chi connectivity index (χ1n) is 13.3. The van der Waals surface area contributed by atoms with Gasteiger partial charge in [-0.15, -0.1) is 16.9 Å². The number of fused-ring (bicyclic) bond motifs is 1. The molecule has 2 fully saturated rings. The lowest BCUT2D eigenvalue weighted by Gasteiger charge is -2.43. The van der Waals surface area contributed by atoms with Crippen LogP contribution in [-0.2, 0) is 30.3 Å². The van der Waals surface area contributed by atoms with Crippen molar-refractivity contribution < 1.29 is 28.6 Å². The molecule has 0 aromatic carbocycles. The number of tetrazole rings is 1. The van der Waals surface area contributed by atoms with Crippen LogP contribution in [-0.4, -0.2) is 79.1 Å². The van der Waals surface area contributed by atoms with Crippen molar-refractivity contribution in [2.24, 2.45) is 5.92 Å². The van der Waals surface area contributed by atoms with Crippen LogP contribution in [0.4, 0.5) is 4.79 Å². The summed E-state index contributed by atoms with van der Waals surface area (Å²) >= 11 is 1.46. The highest BCUT2D eigenvalue weighted by atomic mass is 32.2. The smallest absolute Gasteiger partial charge is 0.460 e. The fourth-order valence-electron chi connectivity index (χ4n) is 4.86. The predicted octanol–water partition coefficient (Wildman–Crippen LogP) is 3.91. The van der Waals surface area contributed by atoms with E-state index in [2.05, 4.69) is 28.7 Å². The Kier molecular flexibility index (Phi) is 11.6. The van der Waals surface area contributed by atoms with E-state index in [0.717, 1.165) is 45.1 Å². The van der Waals surface area contributed by atoms with E-state index in [0.29, 0.717) is 13.0 Å². The molecule has 0 aliphatic carbocycles. The Bertz CT molecular complexity index is 945. The van der Waals surface area contributed by atoms with Crippen molar-refractivity contribution in [3.63, 3.8) is 0 Å². The van der Waals surface area contributed by atoms with E-state index in [1.165, 1.54) is 30.7 Å². The van der Waals surface area contributed by atoms with Crippen molar-refractivity contribution in [1.29, 1.82) is 0 Å². The minimum Gasteiger partial charge on any atom is -0.460 e. The van der Waals surface area contributed by atoms with Gasteiger partial charge in [0.15, 0.2) is 0 Å². The zero-order chi connectivity index (χ0) is 27.4. The van der Waals surface area contributed by atoms with Gasteiger partial charge in [-0.1, -0.05) is 70.3 Å². The Balaban J connectivity index is 1.42. The molecule has 12 heteroatoms. The number of unbranched alkanes of at least 4 members (excludes halogenated alkanes) is 7. The molecular weight excluding hydrogens is 510 g/mol.